The molecule has 1 amide bonds. The number of amides is 1. The molecule has 0 radical (unpaired) electrons. The number of rotatable bonds is 10. The molecular formula is C19H26N6O3S. The van der Waals surface area contributed by atoms with Gasteiger partial charge in [-0.15, -0.1) is 11.3 Å². The Hall–Kier alpha value is -2.69. The fraction of sp³-hybridized carbons (Fsp3) is 0.421. The number of ether oxygens (including phenoxy) is 1. The van der Waals surface area contributed by atoms with E-state index >= 15 is 0 Å². The molecule has 3 heterocycles. The Morgan fingerprint density at radius 3 is 2.76 bits per heavy atom. The molecule has 5 N–H and O–H groups in total. The molecule has 0 aliphatic heterocycles. The number of nitrogens with two attached hydrogens (primary N) is 2. The highest BCUT2D eigenvalue weighted by Crippen LogP contribution is 2.39. The van der Waals surface area contributed by atoms with Gasteiger partial charge in [0.2, 0.25) is 5.95 Å². The first-order chi connectivity index (χ1) is 13.9. The van der Waals surface area contributed by atoms with Crippen LogP contribution in [0, 0.1) is 6.92 Å². The van der Waals surface area contributed by atoms with Crippen molar-refractivity contribution >= 4 is 39.1 Å². The molecule has 29 heavy (non-hydrogen) atoms. The zero-order valence-electron chi connectivity index (χ0n) is 16.8. The van der Waals surface area contributed by atoms with Crippen molar-refractivity contribution in [3.8, 4) is 11.5 Å². The van der Waals surface area contributed by atoms with Gasteiger partial charge in [-0.2, -0.15) is 0 Å². The molecule has 0 saturated heterocycles. The van der Waals surface area contributed by atoms with Crippen LogP contribution in [0.5, 0.6) is 0 Å². The van der Waals surface area contributed by atoms with Gasteiger partial charge in [0, 0.05) is 19.7 Å². The van der Waals surface area contributed by atoms with Crippen molar-refractivity contribution in [1.82, 2.24) is 14.9 Å². The van der Waals surface area contributed by atoms with Crippen molar-refractivity contribution in [2.24, 2.45) is 5.73 Å². The van der Waals surface area contributed by atoms with Crippen LogP contribution in [0.2, 0.25) is 0 Å². The molecule has 0 unspecified atom stereocenters. The smallest absolute Gasteiger partial charge is 0.260 e. The average molecular weight is 419 g/mol. The van der Waals surface area contributed by atoms with E-state index in [-0.39, 0.29) is 10.6 Å². The van der Waals surface area contributed by atoms with Gasteiger partial charge in [0.25, 0.3) is 5.91 Å². The molecule has 0 spiro atoms. The Morgan fingerprint density at radius 2 is 2.10 bits per heavy atom. The van der Waals surface area contributed by atoms with Crippen LogP contribution in [0.4, 0.5) is 11.6 Å². The fourth-order valence-corrected chi connectivity index (χ4v) is 3.69. The van der Waals surface area contributed by atoms with Crippen LogP contribution in [0.15, 0.2) is 16.5 Å². The predicted octanol–water partition coefficient (Wildman–Crippen LogP) is 2.32. The third kappa shape index (κ3) is 5.03. The molecule has 0 aliphatic rings. The molecule has 0 fully saturated rings. The summed E-state index contributed by atoms with van der Waals surface area (Å²) in [5, 5.41) is 3.79. The number of aromatic nitrogens is 2. The number of hydrogen-bond acceptors (Lipinski definition) is 9. The summed E-state index contributed by atoms with van der Waals surface area (Å²) in [4.78, 5) is 23.7. The van der Waals surface area contributed by atoms with Gasteiger partial charge in [-0.3, -0.25) is 4.79 Å². The van der Waals surface area contributed by atoms with Gasteiger partial charge in [0.15, 0.2) is 5.76 Å². The number of thiophene rings is 1. The number of hydrogen-bond donors (Lipinski definition) is 3. The number of nitrogen functional groups attached to an aromatic ring is 1. The first-order valence-electron chi connectivity index (χ1n) is 9.29. The van der Waals surface area contributed by atoms with Crippen LogP contribution >= 0.6 is 11.3 Å². The van der Waals surface area contributed by atoms with Crippen molar-refractivity contribution < 1.29 is 13.9 Å². The summed E-state index contributed by atoms with van der Waals surface area (Å²) < 4.78 is 11.3. The lowest BCUT2D eigenvalue weighted by Crippen LogP contribution is -2.18. The lowest BCUT2D eigenvalue weighted by Gasteiger charge is -2.10. The Labute approximate surface area is 173 Å². The minimum atomic E-state index is -0.587. The molecule has 156 valence electrons. The molecule has 0 bridgehead atoms. The standard InChI is InChI=1S/C19H26N6O3S/c1-11-5-6-12(28-11)15-13-14(20)16(17(21)26)29-18(13)24-19(23-15)22-7-4-9-27-10-8-25(2)3/h5-6H,4,7-10,20H2,1-3H3,(H2,21,26)(H,22,23,24). The molecule has 0 aromatic carbocycles. The van der Waals surface area contributed by atoms with E-state index in [1.54, 1.807) is 0 Å². The predicted molar refractivity (Wildman–Crippen MR) is 115 cm³/mol. The lowest BCUT2D eigenvalue weighted by atomic mass is 10.2. The van der Waals surface area contributed by atoms with Crippen LogP contribution in [0.3, 0.4) is 0 Å². The van der Waals surface area contributed by atoms with E-state index in [1.807, 2.05) is 33.2 Å². The van der Waals surface area contributed by atoms with Crippen molar-refractivity contribution in [3.05, 3.63) is 22.8 Å². The Kier molecular flexibility index (Phi) is 6.68. The third-order valence-electron chi connectivity index (χ3n) is 4.22. The second-order valence-electron chi connectivity index (χ2n) is 6.89. The maximum absolute atomic E-state index is 11.7. The van der Waals surface area contributed by atoms with Crippen molar-refractivity contribution in [2.45, 2.75) is 13.3 Å². The van der Waals surface area contributed by atoms with E-state index in [0.29, 0.717) is 47.4 Å². The van der Waals surface area contributed by atoms with Crippen molar-refractivity contribution in [2.75, 3.05) is 51.4 Å². The Morgan fingerprint density at radius 1 is 1.31 bits per heavy atom. The maximum Gasteiger partial charge on any atom is 0.260 e. The highest BCUT2D eigenvalue weighted by Gasteiger charge is 2.22. The number of anilines is 2. The normalized spacial score (nSPS) is 11.4. The molecule has 10 heteroatoms. The summed E-state index contributed by atoms with van der Waals surface area (Å²) >= 11 is 1.15. The van der Waals surface area contributed by atoms with Gasteiger partial charge in [-0.25, -0.2) is 9.97 Å². The lowest BCUT2D eigenvalue weighted by molar-refractivity contribution is 0.100. The molecule has 0 saturated carbocycles. The second kappa shape index (κ2) is 9.21. The molecule has 0 aliphatic carbocycles. The van der Waals surface area contributed by atoms with Crippen LogP contribution in [0.1, 0.15) is 21.9 Å². The number of furan rings is 1. The highest BCUT2D eigenvalue weighted by atomic mass is 32.1. The average Bonchev–Trinajstić information content (AvgIpc) is 3.24. The van der Waals surface area contributed by atoms with Crippen LogP contribution in [-0.2, 0) is 4.74 Å². The van der Waals surface area contributed by atoms with Crippen LogP contribution in [-0.4, -0.2) is 61.2 Å². The number of aryl methyl sites for hydroxylation is 1. The Balaban J connectivity index is 1.79. The number of carbonyl (C=O) groups excluding carboxylic acids is 1. The number of likely N-dealkylation sites (N-methyl/N-ethyl adjacent to an activating group) is 1. The summed E-state index contributed by atoms with van der Waals surface area (Å²) in [5.41, 5.74) is 12.4. The molecule has 9 nitrogen and oxygen atoms in total. The molecule has 0 atom stereocenters. The molecule has 3 aromatic rings. The maximum atomic E-state index is 11.7. The van der Waals surface area contributed by atoms with E-state index in [1.165, 1.54) is 0 Å². The van der Waals surface area contributed by atoms with Crippen LogP contribution < -0.4 is 16.8 Å². The topological polar surface area (TPSA) is 133 Å². The Bertz CT molecular complexity index is 997. The largest absolute Gasteiger partial charge is 0.460 e. The fourth-order valence-electron chi connectivity index (χ4n) is 2.75. The first-order valence-corrected chi connectivity index (χ1v) is 10.1. The summed E-state index contributed by atoms with van der Waals surface area (Å²) in [6, 6.07) is 3.67. The van der Waals surface area contributed by atoms with Gasteiger partial charge in [-0.05, 0) is 39.6 Å². The van der Waals surface area contributed by atoms with E-state index in [4.69, 9.17) is 20.6 Å². The van der Waals surface area contributed by atoms with E-state index in [0.717, 1.165) is 30.1 Å². The molecule has 3 aromatic heterocycles. The third-order valence-corrected chi connectivity index (χ3v) is 5.33. The zero-order valence-corrected chi connectivity index (χ0v) is 17.6. The summed E-state index contributed by atoms with van der Waals surface area (Å²) in [6.07, 6.45) is 0.809. The van der Waals surface area contributed by atoms with Crippen LogP contribution in [0.25, 0.3) is 21.7 Å². The zero-order chi connectivity index (χ0) is 21.0. The monoisotopic (exact) mass is 418 g/mol. The highest BCUT2D eigenvalue weighted by molar-refractivity contribution is 7.21. The van der Waals surface area contributed by atoms with Gasteiger partial charge in [-0.1, -0.05) is 0 Å². The first kappa shape index (κ1) is 21.0. The van der Waals surface area contributed by atoms with E-state index in [9.17, 15) is 4.79 Å². The van der Waals surface area contributed by atoms with E-state index < -0.39 is 5.91 Å². The minimum absolute atomic E-state index is 0.269. The van der Waals surface area contributed by atoms with Gasteiger partial charge >= 0.3 is 0 Å². The minimum Gasteiger partial charge on any atom is -0.460 e. The SMILES string of the molecule is Cc1ccc(-c2nc(NCCCOCCN(C)C)nc3sc(C(N)=O)c(N)c23)o1. The van der Waals surface area contributed by atoms with E-state index in [2.05, 4.69) is 20.2 Å². The number of nitrogens with one attached hydrogen (secondary N) is 1. The quantitative estimate of drug-likeness (QED) is 0.427. The summed E-state index contributed by atoms with van der Waals surface area (Å²) in [7, 11) is 4.02. The van der Waals surface area contributed by atoms with Gasteiger partial charge in [0.1, 0.15) is 21.2 Å². The number of fused-ring (bicyclic) bond motifs is 1. The number of nitrogens with zero attached hydrogens (tertiary/aromatic N) is 3. The number of primary amides is 1. The summed E-state index contributed by atoms with van der Waals surface area (Å²) in [6.45, 7) is 4.73. The van der Waals surface area contributed by atoms with Crippen molar-refractivity contribution in [1.29, 1.82) is 0 Å². The van der Waals surface area contributed by atoms with Gasteiger partial charge in [0.05, 0.1) is 17.7 Å². The molecular weight excluding hydrogens is 392 g/mol. The second-order valence-corrected chi connectivity index (χ2v) is 7.89. The van der Waals surface area contributed by atoms with Crippen molar-refractivity contribution in [3.63, 3.8) is 0 Å². The molecule has 3 rings (SSSR count). The summed E-state index contributed by atoms with van der Waals surface area (Å²) in [5.74, 6) is 1.16. The number of carbonyl (C=O) groups is 1. The van der Waals surface area contributed by atoms with Gasteiger partial charge < -0.3 is 30.8 Å².